The van der Waals surface area contributed by atoms with E-state index in [2.05, 4.69) is 13.0 Å². The maximum atomic E-state index is 12.3. The normalized spacial score (nSPS) is 14.0. The van der Waals surface area contributed by atoms with E-state index < -0.39 is 0 Å². The van der Waals surface area contributed by atoms with E-state index in [-0.39, 0.29) is 12.6 Å². The Morgan fingerprint density at radius 3 is 2.60 bits per heavy atom. The first-order chi connectivity index (χ1) is 12.1. The summed E-state index contributed by atoms with van der Waals surface area (Å²) in [7, 11) is 1.64. The summed E-state index contributed by atoms with van der Waals surface area (Å²) < 4.78 is 16.1. The fourth-order valence-corrected chi connectivity index (χ4v) is 3.12. The van der Waals surface area contributed by atoms with Gasteiger partial charge in [-0.1, -0.05) is 18.6 Å². The first-order valence-corrected chi connectivity index (χ1v) is 9.18. The molecule has 1 aromatic rings. The molecule has 0 spiro atoms. The molecule has 0 bridgehead atoms. The lowest BCUT2D eigenvalue weighted by Gasteiger charge is -2.14. The highest BCUT2D eigenvalue weighted by Gasteiger charge is 2.12. The van der Waals surface area contributed by atoms with Gasteiger partial charge in [-0.25, -0.2) is 0 Å². The number of carbonyl (C=O) groups excluding carboxylic acids is 1. The SMILES string of the molecule is CCc1cc(CC(=O)C=C2CCCC2)c(C)cc1OCOCCOC. The lowest BCUT2D eigenvalue weighted by Crippen LogP contribution is -2.09. The number of rotatable bonds is 10. The molecule has 1 saturated carbocycles. The van der Waals surface area contributed by atoms with Gasteiger partial charge in [0.15, 0.2) is 12.6 Å². The van der Waals surface area contributed by atoms with E-state index in [1.54, 1.807) is 7.11 Å². The quantitative estimate of drug-likeness (QED) is 0.362. The molecule has 0 atom stereocenters. The molecule has 25 heavy (non-hydrogen) atoms. The standard InChI is InChI=1S/C21H30O4/c1-4-18-13-19(14-20(22)12-17-7-5-6-8-17)16(2)11-21(18)25-15-24-10-9-23-3/h11-13H,4-10,14-15H2,1-3H3. The van der Waals surface area contributed by atoms with Gasteiger partial charge >= 0.3 is 0 Å². The number of methoxy groups -OCH3 is 1. The lowest BCUT2D eigenvalue weighted by atomic mass is 9.97. The third-order valence-corrected chi connectivity index (χ3v) is 4.61. The van der Waals surface area contributed by atoms with Gasteiger partial charge in [0.1, 0.15) is 5.75 Å². The van der Waals surface area contributed by atoms with Crippen LogP contribution in [0.1, 0.15) is 49.3 Å². The first-order valence-electron chi connectivity index (χ1n) is 9.18. The predicted molar refractivity (Wildman–Crippen MR) is 99.1 cm³/mol. The Morgan fingerprint density at radius 1 is 1.16 bits per heavy atom. The highest BCUT2D eigenvalue weighted by molar-refractivity contribution is 5.92. The molecule has 4 nitrogen and oxygen atoms in total. The van der Waals surface area contributed by atoms with Crippen LogP contribution in [-0.4, -0.2) is 32.9 Å². The zero-order valence-electron chi connectivity index (χ0n) is 15.7. The molecule has 2 rings (SSSR count). The summed E-state index contributed by atoms with van der Waals surface area (Å²) >= 11 is 0. The molecule has 0 unspecified atom stereocenters. The molecule has 138 valence electrons. The predicted octanol–water partition coefficient (Wildman–Crippen LogP) is 4.17. The van der Waals surface area contributed by atoms with Crippen molar-refractivity contribution in [2.75, 3.05) is 27.1 Å². The second-order valence-electron chi connectivity index (χ2n) is 6.56. The summed E-state index contributed by atoms with van der Waals surface area (Å²) in [5, 5.41) is 0. The van der Waals surface area contributed by atoms with Crippen molar-refractivity contribution in [3.8, 4) is 5.75 Å². The molecule has 0 aromatic heterocycles. The van der Waals surface area contributed by atoms with Crippen LogP contribution in [0.4, 0.5) is 0 Å². The average Bonchev–Trinajstić information content (AvgIpc) is 3.09. The van der Waals surface area contributed by atoms with Gasteiger partial charge in [0.25, 0.3) is 0 Å². The van der Waals surface area contributed by atoms with Gasteiger partial charge in [0, 0.05) is 13.5 Å². The van der Waals surface area contributed by atoms with Crippen molar-refractivity contribution in [2.24, 2.45) is 0 Å². The van der Waals surface area contributed by atoms with E-state index in [0.717, 1.165) is 41.7 Å². The van der Waals surface area contributed by atoms with Crippen LogP contribution in [0.5, 0.6) is 5.75 Å². The number of ether oxygens (including phenoxy) is 3. The van der Waals surface area contributed by atoms with Gasteiger partial charge in [-0.05, 0) is 67.9 Å². The van der Waals surface area contributed by atoms with E-state index in [9.17, 15) is 4.79 Å². The van der Waals surface area contributed by atoms with Crippen LogP contribution in [0.3, 0.4) is 0 Å². The Hall–Kier alpha value is -1.65. The zero-order valence-corrected chi connectivity index (χ0v) is 15.7. The minimum Gasteiger partial charge on any atom is -0.467 e. The number of allylic oxidation sites excluding steroid dienone is 2. The van der Waals surface area contributed by atoms with Crippen molar-refractivity contribution < 1.29 is 19.0 Å². The average molecular weight is 346 g/mol. The number of hydrogen-bond donors (Lipinski definition) is 0. The molecule has 1 fully saturated rings. The van der Waals surface area contributed by atoms with Crippen LogP contribution in [-0.2, 0) is 27.1 Å². The number of carbonyl (C=O) groups is 1. The Morgan fingerprint density at radius 2 is 1.92 bits per heavy atom. The first kappa shape index (κ1) is 19.7. The summed E-state index contributed by atoms with van der Waals surface area (Å²) in [5.74, 6) is 1.04. The van der Waals surface area contributed by atoms with E-state index in [1.165, 1.54) is 18.4 Å². The molecule has 4 heteroatoms. The van der Waals surface area contributed by atoms with Crippen molar-refractivity contribution in [1.82, 2.24) is 0 Å². The van der Waals surface area contributed by atoms with Crippen LogP contribution in [0.2, 0.25) is 0 Å². The smallest absolute Gasteiger partial charge is 0.189 e. The molecule has 0 radical (unpaired) electrons. The van der Waals surface area contributed by atoms with Crippen LogP contribution >= 0.6 is 0 Å². The van der Waals surface area contributed by atoms with Crippen molar-refractivity contribution >= 4 is 5.78 Å². The van der Waals surface area contributed by atoms with Crippen molar-refractivity contribution in [2.45, 2.75) is 52.4 Å². The molecule has 0 saturated heterocycles. The van der Waals surface area contributed by atoms with Crippen LogP contribution in [0, 0.1) is 6.92 Å². The van der Waals surface area contributed by atoms with Gasteiger partial charge in [-0.3, -0.25) is 4.79 Å². The summed E-state index contributed by atoms with van der Waals surface area (Å²) in [4.78, 5) is 12.3. The van der Waals surface area contributed by atoms with Gasteiger partial charge in [-0.2, -0.15) is 0 Å². The third-order valence-electron chi connectivity index (χ3n) is 4.61. The number of benzene rings is 1. The molecule has 0 amide bonds. The zero-order chi connectivity index (χ0) is 18.1. The van der Waals surface area contributed by atoms with Gasteiger partial charge in [0.2, 0.25) is 0 Å². The monoisotopic (exact) mass is 346 g/mol. The minimum absolute atomic E-state index is 0.207. The number of aryl methyl sites for hydroxylation is 2. The van der Waals surface area contributed by atoms with Gasteiger partial charge < -0.3 is 14.2 Å². The van der Waals surface area contributed by atoms with Crippen molar-refractivity contribution in [3.63, 3.8) is 0 Å². The molecule has 0 N–H and O–H groups in total. The second-order valence-corrected chi connectivity index (χ2v) is 6.56. The van der Waals surface area contributed by atoms with Gasteiger partial charge in [-0.15, -0.1) is 0 Å². The third kappa shape index (κ3) is 6.29. The van der Waals surface area contributed by atoms with E-state index in [4.69, 9.17) is 14.2 Å². The number of hydrogen-bond acceptors (Lipinski definition) is 4. The Kier molecular flexibility index (Phi) is 8.16. The van der Waals surface area contributed by atoms with Crippen LogP contribution < -0.4 is 4.74 Å². The van der Waals surface area contributed by atoms with Crippen molar-refractivity contribution in [3.05, 3.63) is 40.5 Å². The number of ketones is 1. The molecule has 0 aliphatic heterocycles. The van der Waals surface area contributed by atoms with Crippen LogP contribution in [0.25, 0.3) is 0 Å². The lowest BCUT2D eigenvalue weighted by molar-refractivity contribution is -0.114. The molecular formula is C21H30O4. The Balaban J connectivity index is 1.99. The summed E-state index contributed by atoms with van der Waals surface area (Å²) in [5.41, 5.74) is 4.59. The maximum absolute atomic E-state index is 12.3. The summed E-state index contributed by atoms with van der Waals surface area (Å²) in [6.07, 6.45) is 7.80. The van der Waals surface area contributed by atoms with E-state index >= 15 is 0 Å². The fourth-order valence-electron chi connectivity index (χ4n) is 3.12. The van der Waals surface area contributed by atoms with E-state index in [0.29, 0.717) is 19.6 Å². The minimum atomic E-state index is 0.207. The molecule has 0 heterocycles. The Bertz CT molecular complexity index is 596. The highest BCUT2D eigenvalue weighted by Crippen LogP contribution is 2.26. The molecular weight excluding hydrogens is 316 g/mol. The Labute approximate surface area is 151 Å². The maximum Gasteiger partial charge on any atom is 0.189 e. The highest BCUT2D eigenvalue weighted by atomic mass is 16.7. The topological polar surface area (TPSA) is 44.8 Å². The van der Waals surface area contributed by atoms with Gasteiger partial charge in [0.05, 0.1) is 13.2 Å². The van der Waals surface area contributed by atoms with Crippen molar-refractivity contribution in [1.29, 1.82) is 0 Å². The van der Waals surface area contributed by atoms with E-state index in [1.807, 2.05) is 19.1 Å². The molecule has 1 aromatic carbocycles. The summed E-state index contributed by atoms with van der Waals surface area (Å²) in [6.45, 7) is 5.40. The van der Waals surface area contributed by atoms with Crippen LogP contribution in [0.15, 0.2) is 23.8 Å². The fraction of sp³-hybridized carbons (Fsp3) is 0.571. The largest absolute Gasteiger partial charge is 0.467 e. The molecule has 1 aliphatic rings. The molecule has 1 aliphatic carbocycles. The summed E-state index contributed by atoms with van der Waals surface area (Å²) in [6, 6.07) is 4.12. The second kappa shape index (κ2) is 10.4.